The quantitative estimate of drug-likeness (QED) is 0.796. The molecule has 5 rings (SSSR count). The monoisotopic (exact) mass is 334 g/mol. The van der Waals surface area contributed by atoms with E-state index in [1.54, 1.807) is 14.2 Å². The first kappa shape index (κ1) is 14.8. The molecule has 2 aromatic carbocycles. The number of methoxy groups -OCH3 is 2. The Labute approximate surface area is 147 Å². The zero-order valence-electron chi connectivity index (χ0n) is 14.7. The molecule has 0 bridgehead atoms. The van der Waals surface area contributed by atoms with E-state index in [9.17, 15) is 0 Å². The first-order valence-electron chi connectivity index (χ1n) is 8.90. The Bertz CT molecular complexity index is 987. The van der Waals surface area contributed by atoms with Crippen LogP contribution in [0.2, 0.25) is 0 Å². The van der Waals surface area contributed by atoms with Gasteiger partial charge < -0.3 is 19.4 Å². The maximum Gasteiger partial charge on any atom is 0.130 e. The number of rotatable bonds is 3. The molecule has 2 aliphatic rings. The second-order valence-corrected chi connectivity index (χ2v) is 6.85. The van der Waals surface area contributed by atoms with Crippen LogP contribution in [0.5, 0.6) is 11.5 Å². The van der Waals surface area contributed by atoms with Gasteiger partial charge in [-0.3, -0.25) is 0 Å². The summed E-state index contributed by atoms with van der Waals surface area (Å²) in [6.45, 7) is 3.17. The van der Waals surface area contributed by atoms with Crippen LogP contribution >= 0.6 is 0 Å². The molecule has 3 heterocycles. The van der Waals surface area contributed by atoms with Crippen LogP contribution in [0.3, 0.4) is 0 Å². The number of fused-ring (bicyclic) bond motifs is 3. The van der Waals surface area contributed by atoms with E-state index < -0.39 is 0 Å². The number of nitrogens with zero attached hydrogens (tertiary/aromatic N) is 1. The van der Waals surface area contributed by atoms with Crippen LogP contribution in [-0.4, -0.2) is 25.3 Å². The molecule has 0 radical (unpaired) electrons. The van der Waals surface area contributed by atoms with Gasteiger partial charge in [0, 0.05) is 48.8 Å². The van der Waals surface area contributed by atoms with Crippen molar-refractivity contribution in [3.05, 3.63) is 47.2 Å². The lowest BCUT2D eigenvalue weighted by Crippen LogP contribution is -2.24. The van der Waals surface area contributed by atoms with Gasteiger partial charge in [-0.15, -0.1) is 0 Å². The molecular formula is C21H22N2O2. The molecule has 4 nitrogen and oxygen atoms in total. The minimum absolute atomic E-state index is 0.818. The summed E-state index contributed by atoms with van der Waals surface area (Å²) in [5.74, 6) is 1.68. The van der Waals surface area contributed by atoms with Crippen LogP contribution in [0.4, 0.5) is 0 Å². The molecular weight excluding hydrogens is 312 g/mol. The number of benzene rings is 2. The molecule has 0 aliphatic carbocycles. The van der Waals surface area contributed by atoms with Crippen LogP contribution in [-0.2, 0) is 25.9 Å². The summed E-state index contributed by atoms with van der Waals surface area (Å²) in [6.07, 6.45) is 2.25. The van der Waals surface area contributed by atoms with Gasteiger partial charge in [0.1, 0.15) is 11.5 Å². The van der Waals surface area contributed by atoms with Gasteiger partial charge in [0.2, 0.25) is 0 Å². The van der Waals surface area contributed by atoms with Gasteiger partial charge >= 0.3 is 0 Å². The zero-order chi connectivity index (χ0) is 17.0. The fourth-order valence-corrected chi connectivity index (χ4v) is 4.46. The third-order valence-corrected chi connectivity index (χ3v) is 5.62. The van der Waals surface area contributed by atoms with Crippen LogP contribution < -0.4 is 14.8 Å². The molecule has 2 aliphatic heterocycles. The molecule has 0 atom stereocenters. The fourth-order valence-electron chi connectivity index (χ4n) is 4.46. The van der Waals surface area contributed by atoms with Crippen LogP contribution in [0, 0.1) is 0 Å². The smallest absolute Gasteiger partial charge is 0.130 e. The molecule has 0 fully saturated rings. The Balaban J connectivity index is 1.75. The van der Waals surface area contributed by atoms with E-state index in [0.717, 1.165) is 49.5 Å². The standard InChI is InChI=1S/C21H22N2O2/c1-24-15-3-4-16(20(11-15)25-2)14-9-13-6-8-23-19-5-7-22-12-18(19)17(10-14)21(13)23/h3-4,9-11,22H,5-8,12H2,1-2H3. The molecule has 1 N–H and O–H groups in total. The predicted octanol–water partition coefficient (Wildman–Crippen LogP) is 3.53. The number of nitrogens with one attached hydrogen (secondary N) is 1. The van der Waals surface area contributed by atoms with Crippen molar-refractivity contribution in [2.75, 3.05) is 20.8 Å². The van der Waals surface area contributed by atoms with E-state index in [-0.39, 0.29) is 0 Å². The highest BCUT2D eigenvalue weighted by Crippen LogP contribution is 2.41. The summed E-state index contributed by atoms with van der Waals surface area (Å²) in [4.78, 5) is 0. The number of hydrogen-bond acceptors (Lipinski definition) is 3. The lowest BCUT2D eigenvalue weighted by Gasteiger charge is -2.16. The Kier molecular flexibility index (Phi) is 3.28. The Morgan fingerprint density at radius 2 is 1.96 bits per heavy atom. The van der Waals surface area contributed by atoms with Gasteiger partial charge in [-0.05, 0) is 47.4 Å². The molecule has 3 aromatic rings. The van der Waals surface area contributed by atoms with Crippen molar-refractivity contribution < 1.29 is 9.47 Å². The van der Waals surface area contributed by atoms with E-state index in [0.29, 0.717) is 0 Å². The Morgan fingerprint density at radius 1 is 1.04 bits per heavy atom. The van der Waals surface area contributed by atoms with Gasteiger partial charge in [0.05, 0.1) is 19.7 Å². The molecule has 0 saturated heterocycles. The highest BCUT2D eigenvalue weighted by atomic mass is 16.5. The number of ether oxygens (including phenoxy) is 2. The number of aryl methyl sites for hydroxylation is 2. The Hall–Kier alpha value is -2.46. The van der Waals surface area contributed by atoms with Crippen molar-refractivity contribution in [1.82, 2.24) is 9.88 Å². The second-order valence-electron chi connectivity index (χ2n) is 6.85. The normalized spacial score (nSPS) is 15.4. The predicted molar refractivity (Wildman–Crippen MR) is 99.6 cm³/mol. The van der Waals surface area contributed by atoms with Crippen LogP contribution in [0.1, 0.15) is 16.8 Å². The average Bonchev–Trinajstić information content (AvgIpc) is 3.24. The van der Waals surface area contributed by atoms with E-state index in [2.05, 4.69) is 28.1 Å². The van der Waals surface area contributed by atoms with E-state index in [1.165, 1.54) is 33.3 Å². The maximum atomic E-state index is 5.64. The summed E-state index contributed by atoms with van der Waals surface area (Å²) < 4.78 is 13.5. The van der Waals surface area contributed by atoms with Gasteiger partial charge in [-0.2, -0.15) is 0 Å². The lowest BCUT2D eigenvalue weighted by molar-refractivity contribution is 0.395. The van der Waals surface area contributed by atoms with Gasteiger partial charge in [-0.25, -0.2) is 0 Å². The van der Waals surface area contributed by atoms with Crippen molar-refractivity contribution in [3.63, 3.8) is 0 Å². The molecule has 0 spiro atoms. The highest BCUT2D eigenvalue weighted by Gasteiger charge is 2.26. The second kappa shape index (κ2) is 5.53. The van der Waals surface area contributed by atoms with Crippen molar-refractivity contribution in [2.45, 2.75) is 25.9 Å². The fraction of sp³-hybridized carbons (Fsp3) is 0.333. The number of aromatic nitrogens is 1. The van der Waals surface area contributed by atoms with E-state index in [1.807, 2.05) is 12.1 Å². The minimum atomic E-state index is 0.818. The topological polar surface area (TPSA) is 35.4 Å². The van der Waals surface area contributed by atoms with Crippen molar-refractivity contribution in [1.29, 1.82) is 0 Å². The van der Waals surface area contributed by atoms with Crippen molar-refractivity contribution >= 4 is 10.9 Å². The molecule has 0 amide bonds. The molecule has 25 heavy (non-hydrogen) atoms. The summed E-state index contributed by atoms with van der Waals surface area (Å²) >= 11 is 0. The molecule has 128 valence electrons. The first-order chi connectivity index (χ1) is 12.3. The number of hydrogen-bond donors (Lipinski definition) is 1. The Morgan fingerprint density at radius 3 is 2.80 bits per heavy atom. The van der Waals surface area contributed by atoms with Gasteiger partial charge in [-0.1, -0.05) is 0 Å². The first-order valence-corrected chi connectivity index (χ1v) is 8.90. The van der Waals surface area contributed by atoms with Crippen molar-refractivity contribution in [2.24, 2.45) is 0 Å². The van der Waals surface area contributed by atoms with Crippen LogP contribution in [0.25, 0.3) is 22.0 Å². The third kappa shape index (κ3) is 2.10. The summed E-state index contributed by atoms with van der Waals surface area (Å²) in [6, 6.07) is 10.7. The average molecular weight is 334 g/mol. The van der Waals surface area contributed by atoms with E-state index >= 15 is 0 Å². The SMILES string of the molecule is COc1ccc(-c2cc3c4c(c2)c2c(n4CC3)CCNC2)c(OC)c1. The van der Waals surface area contributed by atoms with Gasteiger partial charge in [0.15, 0.2) is 0 Å². The summed E-state index contributed by atoms with van der Waals surface area (Å²) in [5.41, 5.74) is 8.28. The lowest BCUT2D eigenvalue weighted by atomic mass is 9.96. The molecule has 0 unspecified atom stereocenters. The molecule has 4 heteroatoms. The zero-order valence-corrected chi connectivity index (χ0v) is 14.7. The summed E-state index contributed by atoms with van der Waals surface area (Å²) in [5, 5.41) is 4.94. The minimum Gasteiger partial charge on any atom is -0.497 e. The van der Waals surface area contributed by atoms with Gasteiger partial charge in [0.25, 0.3) is 0 Å². The third-order valence-electron chi connectivity index (χ3n) is 5.62. The highest BCUT2D eigenvalue weighted by molar-refractivity contribution is 5.94. The maximum absolute atomic E-state index is 5.64. The molecule has 1 aromatic heterocycles. The summed E-state index contributed by atoms with van der Waals surface area (Å²) in [7, 11) is 3.40. The largest absolute Gasteiger partial charge is 0.497 e. The van der Waals surface area contributed by atoms with E-state index in [4.69, 9.17) is 9.47 Å². The molecule has 0 saturated carbocycles. The van der Waals surface area contributed by atoms with Crippen LogP contribution in [0.15, 0.2) is 30.3 Å². The van der Waals surface area contributed by atoms with Crippen molar-refractivity contribution in [3.8, 4) is 22.6 Å².